The highest BCUT2D eigenvalue weighted by atomic mass is 16.5. The average Bonchev–Trinajstić information content (AvgIpc) is 2.33. The topological polar surface area (TPSA) is 47.8 Å². The molecule has 0 saturated heterocycles. The first-order valence-corrected chi connectivity index (χ1v) is 4.84. The number of esters is 1. The normalized spacial score (nSPS) is 10.4. The summed E-state index contributed by atoms with van der Waals surface area (Å²) in [4.78, 5) is 23.3. The van der Waals surface area contributed by atoms with E-state index in [-0.39, 0.29) is 11.1 Å². The third-order valence-corrected chi connectivity index (χ3v) is 2.48. The van der Waals surface area contributed by atoms with E-state index in [1.807, 2.05) is 19.1 Å². The summed E-state index contributed by atoms with van der Waals surface area (Å²) in [5.41, 5.74) is 1.36. The minimum Gasteiger partial charge on any atom is -0.465 e. The van der Waals surface area contributed by atoms with Crippen LogP contribution in [-0.2, 0) is 4.74 Å². The number of carbonyl (C=O) groups is 1. The molecule has 0 aliphatic heterocycles. The van der Waals surface area contributed by atoms with Crippen molar-refractivity contribution < 1.29 is 9.53 Å². The van der Waals surface area contributed by atoms with Crippen molar-refractivity contribution in [3.8, 4) is 0 Å². The Bertz CT molecular complexity index is 613. The van der Waals surface area contributed by atoms with Crippen molar-refractivity contribution in [2.45, 2.75) is 6.92 Å². The summed E-state index contributed by atoms with van der Waals surface area (Å²) in [5.74, 6) is -0.605. The van der Waals surface area contributed by atoms with Gasteiger partial charge in [0.25, 0.3) is 5.56 Å². The molecule has 0 aliphatic rings. The predicted molar refractivity (Wildman–Crippen MR) is 59.7 cm³/mol. The maximum absolute atomic E-state index is 11.9. The first-order chi connectivity index (χ1) is 7.65. The van der Waals surface area contributed by atoms with Crippen molar-refractivity contribution in [2.75, 3.05) is 7.11 Å². The molecule has 0 radical (unpaired) electrons. The molecule has 0 amide bonds. The zero-order valence-corrected chi connectivity index (χ0v) is 9.06. The largest absolute Gasteiger partial charge is 0.465 e. The third kappa shape index (κ3) is 1.48. The minimum absolute atomic E-state index is 0.0590. The number of methoxy groups -OCH3 is 1. The molecule has 2 heterocycles. The Balaban J connectivity index is 2.86. The van der Waals surface area contributed by atoms with Crippen molar-refractivity contribution >= 4 is 11.5 Å². The van der Waals surface area contributed by atoms with Gasteiger partial charge in [0.05, 0.1) is 12.6 Å². The molecule has 2 aromatic heterocycles. The van der Waals surface area contributed by atoms with Crippen LogP contribution < -0.4 is 5.56 Å². The van der Waals surface area contributed by atoms with Gasteiger partial charge in [-0.25, -0.2) is 4.79 Å². The number of fused-ring (bicyclic) bond motifs is 1. The van der Waals surface area contributed by atoms with E-state index in [2.05, 4.69) is 4.74 Å². The van der Waals surface area contributed by atoms with Crippen molar-refractivity contribution in [3.05, 3.63) is 51.9 Å². The van der Waals surface area contributed by atoms with E-state index >= 15 is 0 Å². The molecule has 0 saturated carbocycles. The third-order valence-electron chi connectivity index (χ3n) is 2.48. The highest BCUT2D eigenvalue weighted by molar-refractivity contribution is 5.89. The van der Waals surface area contributed by atoms with Crippen LogP contribution >= 0.6 is 0 Å². The fourth-order valence-corrected chi connectivity index (χ4v) is 1.68. The van der Waals surface area contributed by atoms with Crippen molar-refractivity contribution in [1.29, 1.82) is 0 Å². The highest BCUT2D eigenvalue weighted by Gasteiger charge is 2.13. The molecule has 2 aromatic rings. The highest BCUT2D eigenvalue weighted by Crippen LogP contribution is 2.09. The van der Waals surface area contributed by atoms with Crippen molar-refractivity contribution in [2.24, 2.45) is 0 Å². The molecule has 82 valence electrons. The first-order valence-electron chi connectivity index (χ1n) is 4.84. The number of ether oxygens (including phenoxy) is 1. The molecule has 0 aliphatic carbocycles. The second-order valence-electron chi connectivity index (χ2n) is 3.49. The van der Waals surface area contributed by atoms with Gasteiger partial charge < -0.3 is 4.74 Å². The molecular weight excluding hydrogens is 206 g/mol. The van der Waals surface area contributed by atoms with Gasteiger partial charge >= 0.3 is 5.97 Å². The Kier molecular flexibility index (Phi) is 2.48. The summed E-state index contributed by atoms with van der Waals surface area (Å²) in [7, 11) is 1.26. The van der Waals surface area contributed by atoms with Gasteiger partial charge in [0.15, 0.2) is 0 Å². The Morgan fingerprint density at radius 2 is 2.12 bits per heavy atom. The molecular formula is C12H11NO3. The van der Waals surface area contributed by atoms with Gasteiger partial charge in [0.1, 0.15) is 5.56 Å². The van der Waals surface area contributed by atoms with Gasteiger partial charge in [-0.05, 0) is 30.7 Å². The van der Waals surface area contributed by atoms with Crippen LogP contribution in [0.2, 0.25) is 0 Å². The summed E-state index contributed by atoms with van der Waals surface area (Å²) in [5, 5.41) is 0. The number of hydrogen-bond acceptors (Lipinski definition) is 3. The monoisotopic (exact) mass is 217 g/mol. The van der Waals surface area contributed by atoms with Crippen LogP contribution in [0.3, 0.4) is 0 Å². The van der Waals surface area contributed by atoms with Crippen LogP contribution in [-0.4, -0.2) is 17.5 Å². The maximum atomic E-state index is 11.9. The molecule has 0 unspecified atom stereocenters. The van der Waals surface area contributed by atoms with Crippen LogP contribution in [0, 0.1) is 6.92 Å². The Labute approximate surface area is 92.1 Å². The lowest BCUT2D eigenvalue weighted by Gasteiger charge is -2.06. The van der Waals surface area contributed by atoms with Crippen LogP contribution in [0.5, 0.6) is 0 Å². The van der Waals surface area contributed by atoms with Crippen LogP contribution in [0.15, 0.2) is 35.3 Å². The number of aromatic nitrogens is 1. The fourth-order valence-electron chi connectivity index (χ4n) is 1.68. The van der Waals surface area contributed by atoms with Crippen LogP contribution in [0.4, 0.5) is 0 Å². The van der Waals surface area contributed by atoms with Crippen LogP contribution in [0.1, 0.15) is 15.9 Å². The zero-order chi connectivity index (χ0) is 11.7. The molecule has 2 rings (SSSR count). The molecule has 0 spiro atoms. The Hall–Kier alpha value is -2.10. The van der Waals surface area contributed by atoms with Gasteiger partial charge in [-0.15, -0.1) is 0 Å². The summed E-state index contributed by atoms with van der Waals surface area (Å²) < 4.78 is 6.01. The standard InChI is InChI=1S/C12H11NO3/c1-8-7-9(12(15)16-2)11(14)13-6-4-3-5-10(8)13/h3-7H,1-2H3. The summed E-state index contributed by atoms with van der Waals surface area (Å²) in [6.45, 7) is 1.85. The number of rotatable bonds is 1. The van der Waals surface area contributed by atoms with Gasteiger partial charge in [-0.3, -0.25) is 9.20 Å². The van der Waals surface area contributed by atoms with E-state index in [0.717, 1.165) is 11.1 Å². The SMILES string of the molecule is COC(=O)c1cc(C)c2ccccn2c1=O. The molecule has 0 N–H and O–H groups in total. The number of carbonyl (C=O) groups excluding carboxylic acids is 1. The number of nitrogens with zero attached hydrogens (tertiary/aromatic N) is 1. The maximum Gasteiger partial charge on any atom is 0.343 e. The fraction of sp³-hybridized carbons (Fsp3) is 0.167. The molecule has 16 heavy (non-hydrogen) atoms. The van der Waals surface area contributed by atoms with Gasteiger partial charge in [-0.2, -0.15) is 0 Å². The number of aryl methyl sites for hydroxylation is 1. The first kappa shape index (κ1) is 10.4. The van der Waals surface area contributed by atoms with Crippen molar-refractivity contribution in [3.63, 3.8) is 0 Å². The second-order valence-corrected chi connectivity index (χ2v) is 3.49. The van der Waals surface area contributed by atoms with E-state index < -0.39 is 5.97 Å². The number of pyridine rings is 2. The zero-order valence-electron chi connectivity index (χ0n) is 9.06. The van der Waals surface area contributed by atoms with E-state index in [9.17, 15) is 9.59 Å². The minimum atomic E-state index is -0.605. The van der Waals surface area contributed by atoms with Crippen molar-refractivity contribution in [1.82, 2.24) is 4.40 Å². The van der Waals surface area contributed by atoms with Crippen LogP contribution in [0.25, 0.3) is 5.52 Å². The van der Waals surface area contributed by atoms with E-state index in [1.165, 1.54) is 11.5 Å². The molecule has 0 atom stereocenters. The summed E-state index contributed by atoms with van der Waals surface area (Å²) in [6, 6.07) is 6.98. The van der Waals surface area contributed by atoms with E-state index in [1.54, 1.807) is 18.3 Å². The molecule has 0 aromatic carbocycles. The van der Waals surface area contributed by atoms with E-state index in [0.29, 0.717) is 0 Å². The summed E-state index contributed by atoms with van der Waals surface area (Å²) in [6.07, 6.45) is 1.64. The smallest absolute Gasteiger partial charge is 0.343 e. The Morgan fingerprint density at radius 1 is 1.38 bits per heavy atom. The van der Waals surface area contributed by atoms with Gasteiger partial charge in [0, 0.05) is 6.20 Å². The molecule has 4 heteroatoms. The predicted octanol–water partition coefficient (Wildman–Crippen LogP) is 1.39. The van der Waals surface area contributed by atoms with Gasteiger partial charge in [0.2, 0.25) is 0 Å². The lowest BCUT2D eigenvalue weighted by Crippen LogP contribution is -2.23. The van der Waals surface area contributed by atoms with Gasteiger partial charge in [-0.1, -0.05) is 6.07 Å². The summed E-state index contributed by atoms with van der Waals surface area (Å²) >= 11 is 0. The molecule has 0 bridgehead atoms. The van der Waals surface area contributed by atoms with E-state index in [4.69, 9.17) is 0 Å². The average molecular weight is 217 g/mol. The number of hydrogen-bond donors (Lipinski definition) is 0. The Morgan fingerprint density at radius 3 is 2.81 bits per heavy atom. The lowest BCUT2D eigenvalue weighted by atomic mass is 10.1. The second kappa shape index (κ2) is 3.81. The lowest BCUT2D eigenvalue weighted by molar-refractivity contribution is 0.0598. The molecule has 4 nitrogen and oxygen atoms in total. The molecule has 0 fully saturated rings. The quantitative estimate of drug-likeness (QED) is 0.678.